The highest BCUT2D eigenvalue weighted by molar-refractivity contribution is 5.34. The zero-order valence-corrected chi connectivity index (χ0v) is 14.6. The predicted octanol–water partition coefficient (Wildman–Crippen LogP) is 5.92. The third kappa shape index (κ3) is 19.4. The molecule has 0 radical (unpaired) electrons. The molecule has 1 heteroatoms. The number of allylic oxidation sites excluding steroid dienone is 4. The van der Waals surface area contributed by atoms with Crippen LogP contribution in [0.4, 0.5) is 0 Å². The highest BCUT2D eigenvalue weighted by Crippen LogP contribution is 2.10. The molecule has 0 spiro atoms. The van der Waals surface area contributed by atoms with Gasteiger partial charge >= 0.3 is 0 Å². The van der Waals surface area contributed by atoms with Gasteiger partial charge in [-0.05, 0) is 24.6 Å². The minimum atomic E-state index is 0.875. The molecule has 0 aliphatic rings. The highest BCUT2D eigenvalue weighted by atomic mass is 14.8. The van der Waals surface area contributed by atoms with E-state index in [1.54, 1.807) is 6.08 Å². The van der Waals surface area contributed by atoms with Gasteiger partial charge in [-0.25, -0.2) is 0 Å². The van der Waals surface area contributed by atoms with E-state index in [-0.39, 0.29) is 0 Å². The summed E-state index contributed by atoms with van der Waals surface area (Å²) in [4.78, 5) is 0. The Kier molecular flexibility index (Phi) is 42.1. The van der Waals surface area contributed by atoms with Gasteiger partial charge in [0, 0.05) is 6.54 Å². The van der Waals surface area contributed by atoms with Crippen molar-refractivity contribution in [1.82, 2.24) is 5.32 Å². The Labute approximate surface area is 123 Å². The summed E-state index contributed by atoms with van der Waals surface area (Å²) in [6.45, 7) is 22.5. The number of likely N-dealkylation sites (N-methyl/N-ethyl adjacent to an activating group) is 1. The van der Waals surface area contributed by atoms with Crippen LogP contribution in [0.15, 0.2) is 48.6 Å². The maximum Gasteiger partial charge on any atom is 0.0205 e. The number of nitrogens with one attached hydrogen (secondary N) is 1. The van der Waals surface area contributed by atoms with Crippen LogP contribution in [0.25, 0.3) is 0 Å². The second-order valence-corrected chi connectivity index (χ2v) is 2.73. The van der Waals surface area contributed by atoms with Gasteiger partial charge in [-0.2, -0.15) is 0 Å². The number of hydrogen-bond acceptors (Lipinski definition) is 1. The fraction of sp³-hybridized carbons (Fsp3) is 0.556. The Hall–Kier alpha value is -1.08. The minimum Gasteiger partial charge on any atom is -0.316 e. The molecule has 0 aromatic carbocycles. The first kappa shape index (κ1) is 26.5. The summed E-state index contributed by atoms with van der Waals surface area (Å²) >= 11 is 0. The number of hydrogen-bond donors (Lipinski definition) is 1. The maximum absolute atomic E-state index is 3.80. The first-order valence-corrected chi connectivity index (χ1v) is 7.58. The van der Waals surface area contributed by atoms with Crippen molar-refractivity contribution in [2.24, 2.45) is 0 Å². The van der Waals surface area contributed by atoms with E-state index >= 15 is 0 Å². The van der Waals surface area contributed by atoms with Gasteiger partial charge in [-0.3, -0.25) is 0 Å². The summed E-state index contributed by atoms with van der Waals surface area (Å²) < 4.78 is 0. The molecular weight excluding hydrogens is 230 g/mol. The third-order valence-electron chi connectivity index (χ3n) is 1.84. The molecule has 0 amide bonds. The molecule has 0 saturated heterocycles. The first-order valence-electron chi connectivity index (χ1n) is 7.58. The lowest BCUT2D eigenvalue weighted by atomic mass is 10.1. The van der Waals surface area contributed by atoms with E-state index in [1.165, 1.54) is 11.1 Å². The van der Waals surface area contributed by atoms with E-state index in [4.69, 9.17) is 0 Å². The van der Waals surface area contributed by atoms with Gasteiger partial charge < -0.3 is 5.32 Å². The molecule has 0 rings (SSSR count). The monoisotopic (exact) mass is 267 g/mol. The van der Waals surface area contributed by atoms with Crippen molar-refractivity contribution in [2.45, 2.75) is 54.9 Å². The van der Waals surface area contributed by atoms with Gasteiger partial charge in [0.2, 0.25) is 0 Å². The molecule has 0 aliphatic carbocycles. The molecule has 0 atom stereocenters. The second kappa shape index (κ2) is 30.2. The summed E-state index contributed by atoms with van der Waals surface area (Å²) in [6, 6.07) is 0. The van der Waals surface area contributed by atoms with Crippen LogP contribution in [0.1, 0.15) is 54.9 Å². The van der Waals surface area contributed by atoms with E-state index in [0.717, 1.165) is 13.0 Å². The van der Waals surface area contributed by atoms with Crippen molar-refractivity contribution in [3.63, 3.8) is 0 Å². The van der Waals surface area contributed by atoms with Gasteiger partial charge in [0.15, 0.2) is 0 Å². The molecule has 0 bridgehead atoms. The molecule has 0 unspecified atom stereocenters. The Balaban J connectivity index is -0.000000163. The Morgan fingerprint density at radius 3 is 1.68 bits per heavy atom. The summed E-state index contributed by atoms with van der Waals surface area (Å²) in [6.07, 6.45) is 8.74. The Morgan fingerprint density at radius 1 is 0.947 bits per heavy atom. The quantitative estimate of drug-likeness (QED) is 0.589. The molecule has 0 fully saturated rings. The molecule has 0 aliphatic heterocycles. The summed E-state index contributed by atoms with van der Waals surface area (Å²) in [5.74, 6) is 0. The van der Waals surface area contributed by atoms with Crippen LogP contribution in [0.3, 0.4) is 0 Å². The topological polar surface area (TPSA) is 12.0 Å². The largest absolute Gasteiger partial charge is 0.316 e. The SMILES string of the molecule is C=C/C=C\C(CNC)=C(/C=C)CC.CC.CC.CC. The van der Waals surface area contributed by atoms with Gasteiger partial charge in [0.1, 0.15) is 0 Å². The minimum absolute atomic E-state index is 0.875. The van der Waals surface area contributed by atoms with Gasteiger partial charge in [-0.1, -0.05) is 85.9 Å². The zero-order valence-electron chi connectivity index (χ0n) is 14.6. The van der Waals surface area contributed by atoms with Crippen molar-refractivity contribution in [3.05, 3.63) is 48.6 Å². The lowest BCUT2D eigenvalue weighted by Crippen LogP contribution is -2.10. The van der Waals surface area contributed by atoms with Crippen LogP contribution in [0, 0.1) is 0 Å². The normalized spacial score (nSPS) is 9.68. The summed E-state index contributed by atoms with van der Waals surface area (Å²) in [7, 11) is 1.94. The average molecular weight is 268 g/mol. The Bertz CT molecular complexity index is 222. The van der Waals surface area contributed by atoms with Crippen LogP contribution in [0.2, 0.25) is 0 Å². The predicted molar refractivity (Wildman–Crippen MR) is 94.8 cm³/mol. The maximum atomic E-state index is 3.80. The molecule has 0 saturated carbocycles. The van der Waals surface area contributed by atoms with Crippen LogP contribution in [0.5, 0.6) is 0 Å². The van der Waals surface area contributed by atoms with E-state index in [9.17, 15) is 0 Å². The second-order valence-electron chi connectivity index (χ2n) is 2.73. The number of rotatable bonds is 6. The van der Waals surface area contributed by atoms with Crippen molar-refractivity contribution in [3.8, 4) is 0 Å². The zero-order chi connectivity index (χ0) is 16.1. The standard InChI is InChI=1S/C12H19N.3C2H6/c1-5-8-9-12(10-13-4)11(6-2)7-3;3*1-2/h5-6,8-9,13H,1-2,7,10H2,3-4H3;3*1-2H3/b9-8-,12-11-;;;. The van der Waals surface area contributed by atoms with E-state index < -0.39 is 0 Å². The van der Waals surface area contributed by atoms with Crippen LogP contribution >= 0.6 is 0 Å². The molecule has 0 heterocycles. The Morgan fingerprint density at radius 2 is 1.42 bits per heavy atom. The van der Waals surface area contributed by atoms with Crippen LogP contribution in [-0.2, 0) is 0 Å². The molecule has 0 aromatic heterocycles. The van der Waals surface area contributed by atoms with Crippen molar-refractivity contribution < 1.29 is 0 Å². The molecular formula is C18H37N. The third-order valence-corrected chi connectivity index (χ3v) is 1.84. The van der Waals surface area contributed by atoms with Gasteiger partial charge in [-0.15, -0.1) is 0 Å². The van der Waals surface area contributed by atoms with Crippen molar-refractivity contribution in [2.75, 3.05) is 13.6 Å². The van der Waals surface area contributed by atoms with E-state index in [0.29, 0.717) is 0 Å². The first-order chi connectivity index (χ1) is 9.29. The van der Waals surface area contributed by atoms with Crippen LogP contribution < -0.4 is 5.32 Å². The lowest BCUT2D eigenvalue weighted by Gasteiger charge is -2.06. The van der Waals surface area contributed by atoms with Crippen LogP contribution in [-0.4, -0.2) is 13.6 Å². The molecule has 19 heavy (non-hydrogen) atoms. The van der Waals surface area contributed by atoms with E-state index in [2.05, 4.69) is 31.5 Å². The highest BCUT2D eigenvalue weighted by Gasteiger charge is 1.96. The fourth-order valence-electron chi connectivity index (χ4n) is 1.16. The lowest BCUT2D eigenvalue weighted by molar-refractivity contribution is 0.882. The smallest absolute Gasteiger partial charge is 0.0205 e. The molecule has 1 N–H and O–H groups in total. The van der Waals surface area contributed by atoms with Crippen molar-refractivity contribution in [1.29, 1.82) is 0 Å². The van der Waals surface area contributed by atoms with E-state index in [1.807, 2.05) is 60.7 Å². The van der Waals surface area contributed by atoms with Crippen molar-refractivity contribution >= 4 is 0 Å². The molecule has 0 aromatic rings. The fourth-order valence-corrected chi connectivity index (χ4v) is 1.16. The summed E-state index contributed by atoms with van der Waals surface area (Å²) in [5.41, 5.74) is 2.56. The molecule has 114 valence electrons. The molecule has 1 nitrogen and oxygen atoms in total. The van der Waals surface area contributed by atoms with Gasteiger partial charge in [0.25, 0.3) is 0 Å². The van der Waals surface area contributed by atoms with Gasteiger partial charge in [0.05, 0.1) is 0 Å². The summed E-state index contributed by atoms with van der Waals surface area (Å²) in [5, 5.41) is 3.13. The average Bonchev–Trinajstić information content (AvgIpc) is 2.52.